The van der Waals surface area contributed by atoms with Gasteiger partial charge < -0.3 is 9.30 Å². The van der Waals surface area contributed by atoms with E-state index >= 15 is 0 Å². The topological polar surface area (TPSA) is 66.9 Å². The predicted octanol–water partition coefficient (Wildman–Crippen LogP) is 4.01. The molecule has 0 radical (unpaired) electrons. The molecule has 5 rings (SSSR count). The van der Waals surface area contributed by atoms with E-state index in [0.717, 1.165) is 41.1 Å². The minimum Gasteiger partial charge on any atom is -0.495 e. The highest BCUT2D eigenvalue weighted by molar-refractivity contribution is 5.80. The number of imidazole rings is 1. The van der Waals surface area contributed by atoms with Crippen LogP contribution in [0.1, 0.15) is 29.9 Å². The number of benzene rings is 2. The zero-order valence-corrected chi connectivity index (χ0v) is 17.8. The second-order valence-electron chi connectivity index (χ2n) is 7.76. The second-order valence-corrected chi connectivity index (χ2v) is 7.76. The number of fused-ring (bicyclic) bond motifs is 1. The number of aromatic nitrogens is 5. The normalized spacial score (nSPS) is 14.5. The highest BCUT2D eigenvalue weighted by atomic mass is 19.1. The molecule has 7 nitrogen and oxygen atoms in total. The number of hydrogen-bond acceptors (Lipinski definition) is 4. The van der Waals surface area contributed by atoms with Crippen molar-refractivity contribution >= 4 is 11.6 Å². The molecule has 0 amide bonds. The average Bonchev–Trinajstić information content (AvgIpc) is 3.37. The number of halogens is 1. The van der Waals surface area contributed by atoms with Gasteiger partial charge in [-0.3, -0.25) is 4.68 Å². The van der Waals surface area contributed by atoms with Gasteiger partial charge in [0, 0.05) is 12.7 Å². The zero-order chi connectivity index (χ0) is 22.2. The van der Waals surface area contributed by atoms with Crippen LogP contribution in [0.25, 0.3) is 23.0 Å². The fourth-order valence-electron chi connectivity index (χ4n) is 4.09. The highest BCUT2D eigenvalue weighted by Crippen LogP contribution is 2.30. The van der Waals surface area contributed by atoms with E-state index in [4.69, 9.17) is 4.74 Å². The lowest BCUT2D eigenvalue weighted by atomic mass is 10.0. The third kappa shape index (κ3) is 3.53. The summed E-state index contributed by atoms with van der Waals surface area (Å²) >= 11 is 0. The molecule has 0 saturated heterocycles. The largest absolute Gasteiger partial charge is 0.495 e. The van der Waals surface area contributed by atoms with Gasteiger partial charge in [0.25, 0.3) is 0 Å². The summed E-state index contributed by atoms with van der Waals surface area (Å²) in [7, 11) is 1.64. The van der Waals surface area contributed by atoms with Crippen molar-refractivity contribution in [2.24, 2.45) is 0 Å². The molecular formula is C24H22FN5O2. The van der Waals surface area contributed by atoms with Gasteiger partial charge in [-0.1, -0.05) is 6.07 Å². The summed E-state index contributed by atoms with van der Waals surface area (Å²) in [5.41, 5.74) is 3.98. The molecule has 0 N–H and O–H groups in total. The van der Waals surface area contributed by atoms with Gasteiger partial charge >= 0.3 is 5.69 Å². The molecule has 0 spiro atoms. The Morgan fingerprint density at radius 1 is 1.16 bits per heavy atom. The molecule has 162 valence electrons. The van der Waals surface area contributed by atoms with E-state index in [-0.39, 0.29) is 11.5 Å². The van der Waals surface area contributed by atoms with Gasteiger partial charge in [0.15, 0.2) is 5.82 Å². The summed E-state index contributed by atoms with van der Waals surface area (Å²) in [6.07, 6.45) is 7.42. The molecule has 0 fully saturated rings. The standard InChI is InChI=1S/C24H22FN5O2/c1-16-14-28(15-26-16)21-10-5-17(13-22(21)32-2)12-18-4-3-11-29-23(18)27-24(31)30(29)20-8-6-19(25)7-9-20/h5-10,12-15H,3-4,11H2,1-2H3. The first-order valence-corrected chi connectivity index (χ1v) is 10.4. The van der Waals surface area contributed by atoms with Gasteiger partial charge in [-0.2, -0.15) is 9.67 Å². The van der Waals surface area contributed by atoms with Crippen LogP contribution in [0.2, 0.25) is 0 Å². The molecule has 0 bridgehead atoms. The first-order valence-electron chi connectivity index (χ1n) is 10.4. The maximum atomic E-state index is 13.3. The summed E-state index contributed by atoms with van der Waals surface area (Å²) in [6.45, 7) is 2.61. The average molecular weight is 431 g/mol. The van der Waals surface area contributed by atoms with Gasteiger partial charge in [-0.15, -0.1) is 0 Å². The molecule has 1 aliphatic heterocycles. The molecule has 0 saturated carbocycles. The number of aryl methyl sites for hydroxylation is 1. The molecule has 1 aliphatic rings. The Balaban J connectivity index is 1.55. The molecule has 4 aromatic rings. The summed E-state index contributed by atoms with van der Waals surface area (Å²) in [4.78, 5) is 21.3. The first-order chi connectivity index (χ1) is 15.5. The monoisotopic (exact) mass is 431 g/mol. The van der Waals surface area contributed by atoms with Crippen LogP contribution < -0.4 is 10.4 Å². The van der Waals surface area contributed by atoms with Crippen LogP contribution in [-0.4, -0.2) is 31.0 Å². The van der Waals surface area contributed by atoms with E-state index in [0.29, 0.717) is 18.1 Å². The van der Waals surface area contributed by atoms with Gasteiger partial charge in [0.1, 0.15) is 11.6 Å². The van der Waals surface area contributed by atoms with E-state index in [1.807, 2.05) is 46.6 Å². The van der Waals surface area contributed by atoms with Crippen LogP contribution >= 0.6 is 0 Å². The van der Waals surface area contributed by atoms with E-state index in [2.05, 4.69) is 9.97 Å². The number of allylic oxidation sites excluding steroid dienone is 1. The molecule has 0 atom stereocenters. The molecule has 2 aromatic heterocycles. The minimum atomic E-state index is -0.372. The Hall–Kier alpha value is -3.94. The number of ether oxygens (including phenoxy) is 1. The van der Waals surface area contributed by atoms with Crippen LogP contribution in [0.3, 0.4) is 0 Å². The number of rotatable bonds is 4. The lowest BCUT2D eigenvalue weighted by molar-refractivity contribution is 0.413. The second kappa shape index (κ2) is 7.96. The fourth-order valence-corrected chi connectivity index (χ4v) is 4.09. The van der Waals surface area contributed by atoms with Crippen molar-refractivity contribution in [1.29, 1.82) is 0 Å². The van der Waals surface area contributed by atoms with Crippen molar-refractivity contribution in [2.45, 2.75) is 26.3 Å². The maximum Gasteiger partial charge on any atom is 0.369 e. The van der Waals surface area contributed by atoms with E-state index in [1.54, 1.807) is 25.6 Å². The van der Waals surface area contributed by atoms with Gasteiger partial charge in [0.05, 0.1) is 30.5 Å². The molecular weight excluding hydrogens is 409 g/mol. The van der Waals surface area contributed by atoms with Crippen molar-refractivity contribution in [1.82, 2.24) is 23.9 Å². The molecule has 8 heteroatoms. The Morgan fingerprint density at radius 3 is 2.69 bits per heavy atom. The van der Waals surface area contributed by atoms with Gasteiger partial charge in [-0.05, 0) is 73.4 Å². The number of hydrogen-bond donors (Lipinski definition) is 0. The van der Waals surface area contributed by atoms with Gasteiger partial charge in [0.2, 0.25) is 0 Å². The highest BCUT2D eigenvalue weighted by Gasteiger charge is 2.22. The van der Waals surface area contributed by atoms with Crippen LogP contribution in [0.4, 0.5) is 4.39 Å². The van der Waals surface area contributed by atoms with Crippen LogP contribution in [-0.2, 0) is 6.54 Å². The van der Waals surface area contributed by atoms with Crippen molar-refractivity contribution in [3.8, 4) is 17.1 Å². The Labute approximate surface area is 184 Å². The van der Waals surface area contributed by atoms with Crippen molar-refractivity contribution in [3.05, 3.63) is 88.4 Å². The third-order valence-electron chi connectivity index (χ3n) is 5.58. The Kier molecular flexibility index (Phi) is 4.97. The van der Waals surface area contributed by atoms with Crippen molar-refractivity contribution < 1.29 is 9.13 Å². The van der Waals surface area contributed by atoms with Gasteiger partial charge in [-0.25, -0.2) is 14.2 Å². The number of nitrogens with zero attached hydrogens (tertiary/aromatic N) is 5. The van der Waals surface area contributed by atoms with Crippen molar-refractivity contribution in [2.75, 3.05) is 7.11 Å². The maximum absolute atomic E-state index is 13.3. The quantitative estimate of drug-likeness (QED) is 0.490. The minimum absolute atomic E-state index is 0.344. The lowest BCUT2D eigenvalue weighted by Crippen LogP contribution is -2.23. The lowest BCUT2D eigenvalue weighted by Gasteiger charge is -2.20. The molecule has 0 aliphatic carbocycles. The third-order valence-corrected chi connectivity index (χ3v) is 5.58. The molecule has 3 heterocycles. The SMILES string of the molecule is COc1cc(C=C2CCCn3c2nc(=O)n3-c2ccc(F)cc2)ccc1-n1cnc(C)c1. The van der Waals surface area contributed by atoms with E-state index in [1.165, 1.54) is 16.8 Å². The smallest absolute Gasteiger partial charge is 0.369 e. The summed E-state index contributed by atoms with van der Waals surface area (Å²) < 4.78 is 24.3. The summed E-state index contributed by atoms with van der Waals surface area (Å²) in [5.74, 6) is 1.02. The summed E-state index contributed by atoms with van der Waals surface area (Å²) in [5, 5.41) is 0. The first kappa shape index (κ1) is 20.0. The van der Waals surface area contributed by atoms with Crippen LogP contribution in [0.15, 0.2) is 59.8 Å². The fraction of sp³-hybridized carbons (Fsp3) is 0.208. The van der Waals surface area contributed by atoms with E-state index in [9.17, 15) is 9.18 Å². The molecule has 32 heavy (non-hydrogen) atoms. The van der Waals surface area contributed by atoms with Crippen LogP contribution in [0.5, 0.6) is 5.75 Å². The molecule has 2 aromatic carbocycles. The Bertz CT molecular complexity index is 1380. The molecule has 0 unspecified atom stereocenters. The van der Waals surface area contributed by atoms with Crippen molar-refractivity contribution in [3.63, 3.8) is 0 Å². The Morgan fingerprint density at radius 2 is 1.97 bits per heavy atom. The number of methoxy groups -OCH3 is 1. The van der Waals surface area contributed by atoms with Crippen LogP contribution in [0, 0.1) is 12.7 Å². The summed E-state index contributed by atoms with van der Waals surface area (Å²) in [6, 6.07) is 11.8. The van der Waals surface area contributed by atoms with E-state index < -0.39 is 0 Å². The zero-order valence-electron chi connectivity index (χ0n) is 17.8. The predicted molar refractivity (Wildman–Crippen MR) is 120 cm³/mol.